The standard InChI is InChI=1S/C24H32N2O2/c1-18-4-8-21(9-5-18)16-26-14-12-22(13-15-26)24(27)25-20(3)17-28-23-10-6-19(2)7-11-23/h4-11,20,22H,12-17H2,1-3H3,(H,25,27)/t20-/m0/s1. The number of ether oxygens (including phenoxy) is 1. The van der Waals surface area contributed by atoms with Crippen molar-refractivity contribution >= 4 is 5.91 Å². The molecule has 0 saturated carbocycles. The van der Waals surface area contributed by atoms with E-state index < -0.39 is 0 Å². The van der Waals surface area contributed by atoms with Crippen LogP contribution in [0.2, 0.25) is 0 Å². The fourth-order valence-corrected chi connectivity index (χ4v) is 3.56. The van der Waals surface area contributed by atoms with Crippen molar-refractivity contribution in [1.29, 1.82) is 0 Å². The Bertz CT molecular complexity index is 747. The zero-order chi connectivity index (χ0) is 19.9. The number of benzene rings is 2. The van der Waals surface area contributed by atoms with Gasteiger partial charge in [-0.05, 0) is 64.4 Å². The van der Waals surface area contributed by atoms with Crippen LogP contribution in [0.3, 0.4) is 0 Å². The lowest BCUT2D eigenvalue weighted by molar-refractivity contribution is -0.127. The van der Waals surface area contributed by atoms with Crippen LogP contribution in [0, 0.1) is 19.8 Å². The molecule has 1 aliphatic heterocycles. The highest BCUT2D eigenvalue weighted by Gasteiger charge is 2.25. The second-order valence-corrected chi connectivity index (χ2v) is 8.07. The molecule has 0 aliphatic carbocycles. The molecule has 1 heterocycles. The molecule has 0 aromatic heterocycles. The Morgan fingerprint density at radius 3 is 2.21 bits per heavy atom. The van der Waals surface area contributed by atoms with Crippen molar-refractivity contribution in [2.24, 2.45) is 5.92 Å². The first-order chi connectivity index (χ1) is 13.5. The van der Waals surface area contributed by atoms with Gasteiger partial charge in [0.2, 0.25) is 5.91 Å². The van der Waals surface area contributed by atoms with E-state index in [4.69, 9.17) is 4.74 Å². The van der Waals surface area contributed by atoms with E-state index in [2.05, 4.69) is 48.3 Å². The minimum Gasteiger partial charge on any atom is -0.491 e. The fraction of sp³-hybridized carbons (Fsp3) is 0.458. The van der Waals surface area contributed by atoms with Gasteiger partial charge in [-0.15, -0.1) is 0 Å². The average Bonchev–Trinajstić information content (AvgIpc) is 2.70. The second-order valence-electron chi connectivity index (χ2n) is 8.07. The minimum absolute atomic E-state index is 0.000564. The summed E-state index contributed by atoms with van der Waals surface area (Å²) in [4.78, 5) is 15.0. The fourth-order valence-electron chi connectivity index (χ4n) is 3.56. The van der Waals surface area contributed by atoms with Crippen LogP contribution in [0.5, 0.6) is 5.75 Å². The Morgan fingerprint density at radius 1 is 1.04 bits per heavy atom. The molecule has 1 aliphatic rings. The van der Waals surface area contributed by atoms with E-state index in [9.17, 15) is 4.79 Å². The van der Waals surface area contributed by atoms with Gasteiger partial charge >= 0.3 is 0 Å². The molecule has 1 atom stereocenters. The number of piperidine rings is 1. The number of hydrogen-bond donors (Lipinski definition) is 1. The van der Waals surface area contributed by atoms with Crippen molar-refractivity contribution in [3.05, 3.63) is 65.2 Å². The van der Waals surface area contributed by atoms with Gasteiger partial charge in [0.15, 0.2) is 0 Å². The van der Waals surface area contributed by atoms with Crippen molar-refractivity contribution in [3.63, 3.8) is 0 Å². The second kappa shape index (κ2) is 9.74. The predicted molar refractivity (Wildman–Crippen MR) is 113 cm³/mol. The summed E-state index contributed by atoms with van der Waals surface area (Å²) in [6.45, 7) is 9.56. The molecule has 0 radical (unpaired) electrons. The molecular formula is C24H32N2O2. The molecule has 28 heavy (non-hydrogen) atoms. The molecule has 2 aromatic carbocycles. The summed E-state index contributed by atoms with van der Waals surface area (Å²) >= 11 is 0. The molecule has 1 fully saturated rings. The van der Waals surface area contributed by atoms with E-state index in [1.54, 1.807) is 0 Å². The highest BCUT2D eigenvalue weighted by molar-refractivity contribution is 5.79. The van der Waals surface area contributed by atoms with Gasteiger partial charge in [-0.2, -0.15) is 0 Å². The number of aryl methyl sites for hydroxylation is 2. The third-order valence-corrected chi connectivity index (χ3v) is 5.39. The average molecular weight is 381 g/mol. The number of likely N-dealkylation sites (tertiary alicyclic amines) is 1. The van der Waals surface area contributed by atoms with Crippen LogP contribution in [0.1, 0.15) is 36.5 Å². The SMILES string of the molecule is Cc1ccc(CN2CCC(C(=O)N[C@@H](C)COc3ccc(C)cc3)CC2)cc1. The summed E-state index contributed by atoms with van der Waals surface area (Å²) in [5.41, 5.74) is 3.84. The van der Waals surface area contributed by atoms with E-state index in [0.717, 1.165) is 38.2 Å². The van der Waals surface area contributed by atoms with Crippen LogP contribution in [0.15, 0.2) is 48.5 Å². The molecule has 1 N–H and O–H groups in total. The van der Waals surface area contributed by atoms with Crippen LogP contribution in [0.25, 0.3) is 0 Å². The molecule has 3 rings (SSSR count). The molecule has 0 unspecified atom stereocenters. The van der Waals surface area contributed by atoms with Gasteiger partial charge in [0, 0.05) is 12.5 Å². The third kappa shape index (κ3) is 6.10. The molecule has 1 saturated heterocycles. The topological polar surface area (TPSA) is 41.6 Å². The Labute approximate surface area is 168 Å². The van der Waals surface area contributed by atoms with E-state index in [1.165, 1.54) is 16.7 Å². The maximum atomic E-state index is 12.6. The first-order valence-corrected chi connectivity index (χ1v) is 10.3. The van der Waals surface area contributed by atoms with Crippen LogP contribution >= 0.6 is 0 Å². The van der Waals surface area contributed by atoms with Crippen molar-refractivity contribution < 1.29 is 9.53 Å². The predicted octanol–water partition coefficient (Wildman–Crippen LogP) is 4.10. The van der Waals surface area contributed by atoms with E-state index >= 15 is 0 Å². The van der Waals surface area contributed by atoms with E-state index in [1.807, 2.05) is 31.2 Å². The molecule has 150 valence electrons. The Balaban J connectivity index is 1.38. The number of hydrogen-bond acceptors (Lipinski definition) is 3. The lowest BCUT2D eigenvalue weighted by atomic mass is 9.95. The Kier molecular flexibility index (Phi) is 7.10. The van der Waals surface area contributed by atoms with Gasteiger partial charge in [0.1, 0.15) is 12.4 Å². The minimum atomic E-state index is -0.000564. The van der Waals surface area contributed by atoms with Gasteiger partial charge < -0.3 is 10.1 Å². The van der Waals surface area contributed by atoms with Crippen LogP contribution in [-0.2, 0) is 11.3 Å². The van der Waals surface area contributed by atoms with Crippen molar-refractivity contribution in [3.8, 4) is 5.75 Å². The van der Waals surface area contributed by atoms with Gasteiger partial charge in [-0.1, -0.05) is 47.5 Å². The lowest BCUT2D eigenvalue weighted by Gasteiger charge is -2.32. The summed E-state index contributed by atoms with van der Waals surface area (Å²) in [6, 6.07) is 16.7. The maximum absolute atomic E-state index is 12.6. The largest absolute Gasteiger partial charge is 0.491 e. The number of nitrogens with zero attached hydrogens (tertiary/aromatic N) is 1. The third-order valence-electron chi connectivity index (χ3n) is 5.39. The summed E-state index contributed by atoms with van der Waals surface area (Å²) in [7, 11) is 0. The van der Waals surface area contributed by atoms with E-state index in [-0.39, 0.29) is 17.9 Å². The maximum Gasteiger partial charge on any atom is 0.223 e. The number of amides is 1. The number of nitrogens with one attached hydrogen (secondary N) is 1. The molecular weight excluding hydrogens is 348 g/mol. The summed E-state index contributed by atoms with van der Waals surface area (Å²) < 4.78 is 5.78. The quantitative estimate of drug-likeness (QED) is 0.786. The molecule has 1 amide bonds. The summed E-state index contributed by atoms with van der Waals surface area (Å²) in [6.07, 6.45) is 1.84. The zero-order valence-corrected chi connectivity index (χ0v) is 17.3. The molecule has 0 bridgehead atoms. The van der Waals surface area contributed by atoms with Gasteiger partial charge in [0.25, 0.3) is 0 Å². The molecule has 4 heteroatoms. The lowest BCUT2D eigenvalue weighted by Crippen LogP contribution is -2.44. The van der Waals surface area contributed by atoms with Gasteiger partial charge in [-0.25, -0.2) is 0 Å². The Hall–Kier alpha value is -2.33. The highest BCUT2D eigenvalue weighted by Crippen LogP contribution is 2.20. The van der Waals surface area contributed by atoms with Crippen molar-refractivity contribution in [2.45, 2.75) is 46.2 Å². The zero-order valence-electron chi connectivity index (χ0n) is 17.3. The van der Waals surface area contributed by atoms with Gasteiger partial charge in [0.05, 0.1) is 6.04 Å². The van der Waals surface area contributed by atoms with Crippen molar-refractivity contribution in [2.75, 3.05) is 19.7 Å². The first kappa shape index (κ1) is 20.4. The van der Waals surface area contributed by atoms with Crippen LogP contribution in [0.4, 0.5) is 0 Å². The monoisotopic (exact) mass is 380 g/mol. The molecule has 2 aromatic rings. The van der Waals surface area contributed by atoms with Crippen molar-refractivity contribution in [1.82, 2.24) is 10.2 Å². The van der Waals surface area contributed by atoms with E-state index in [0.29, 0.717) is 6.61 Å². The summed E-state index contributed by atoms with van der Waals surface area (Å²) in [5.74, 6) is 1.11. The number of carbonyl (C=O) groups is 1. The smallest absolute Gasteiger partial charge is 0.223 e. The summed E-state index contributed by atoms with van der Waals surface area (Å²) in [5, 5.41) is 3.12. The Morgan fingerprint density at radius 2 is 1.61 bits per heavy atom. The first-order valence-electron chi connectivity index (χ1n) is 10.3. The van der Waals surface area contributed by atoms with Crippen LogP contribution < -0.4 is 10.1 Å². The van der Waals surface area contributed by atoms with Crippen LogP contribution in [-0.4, -0.2) is 36.5 Å². The molecule has 4 nitrogen and oxygen atoms in total. The highest BCUT2D eigenvalue weighted by atomic mass is 16.5. The number of carbonyl (C=O) groups excluding carboxylic acids is 1. The number of rotatable bonds is 7. The van der Waals surface area contributed by atoms with Gasteiger partial charge in [-0.3, -0.25) is 9.69 Å². The molecule has 0 spiro atoms. The normalized spacial score (nSPS) is 16.5.